The van der Waals surface area contributed by atoms with Crippen LogP contribution in [0.2, 0.25) is 0 Å². The second kappa shape index (κ2) is 6.99. The summed E-state index contributed by atoms with van der Waals surface area (Å²) in [4.78, 5) is 15.8. The van der Waals surface area contributed by atoms with Gasteiger partial charge in [-0.2, -0.15) is 5.10 Å². The van der Waals surface area contributed by atoms with Crippen LogP contribution in [0.15, 0.2) is 36.9 Å². The highest BCUT2D eigenvalue weighted by Crippen LogP contribution is 2.09. The van der Waals surface area contributed by atoms with Crippen molar-refractivity contribution in [1.82, 2.24) is 20.1 Å². The first-order valence-electron chi connectivity index (χ1n) is 7.09. The van der Waals surface area contributed by atoms with Gasteiger partial charge in [0, 0.05) is 6.54 Å². The first-order chi connectivity index (χ1) is 10.1. The summed E-state index contributed by atoms with van der Waals surface area (Å²) >= 11 is 0. The largest absolute Gasteiger partial charge is 0.351 e. The lowest BCUT2D eigenvalue weighted by atomic mass is 9.99. The zero-order valence-electron chi connectivity index (χ0n) is 12.4. The molecule has 6 heteroatoms. The van der Waals surface area contributed by atoms with Crippen LogP contribution in [0.1, 0.15) is 25.8 Å². The molecule has 1 aromatic heterocycles. The van der Waals surface area contributed by atoms with E-state index < -0.39 is 6.04 Å². The fourth-order valence-electron chi connectivity index (χ4n) is 1.93. The molecule has 2 atom stereocenters. The molecule has 0 saturated carbocycles. The van der Waals surface area contributed by atoms with Crippen molar-refractivity contribution < 1.29 is 4.79 Å². The maximum absolute atomic E-state index is 11.9. The normalized spacial score (nSPS) is 13.7. The van der Waals surface area contributed by atoms with Crippen LogP contribution in [-0.2, 0) is 11.3 Å². The summed E-state index contributed by atoms with van der Waals surface area (Å²) < 4.78 is 1.68. The molecule has 2 unspecified atom stereocenters. The van der Waals surface area contributed by atoms with Crippen LogP contribution in [0, 0.1) is 5.92 Å². The first-order valence-corrected chi connectivity index (χ1v) is 7.09. The molecule has 0 aliphatic carbocycles. The van der Waals surface area contributed by atoms with Gasteiger partial charge < -0.3 is 11.1 Å². The number of rotatable bonds is 6. The van der Waals surface area contributed by atoms with E-state index in [9.17, 15) is 4.79 Å². The van der Waals surface area contributed by atoms with Gasteiger partial charge in [-0.15, -0.1) is 0 Å². The first kappa shape index (κ1) is 15.2. The van der Waals surface area contributed by atoms with Gasteiger partial charge in [0.2, 0.25) is 5.91 Å². The van der Waals surface area contributed by atoms with Crippen LogP contribution in [0.4, 0.5) is 0 Å². The third-order valence-electron chi connectivity index (χ3n) is 3.65. The minimum Gasteiger partial charge on any atom is -0.351 e. The molecule has 3 N–H and O–H groups in total. The van der Waals surface area contributed by atoms with Gasteiger partial charge in [0.15, 0.2) is 0 Å². The summed E-state index contributed by atoms with van der Waals surface area (Å²) in [5, 5.41) is 6.93. The van der Waals surface area contributed by atoms with E-state index in [4.69, 9.17) is 5.73 Å². The molecule has 0 bridgehead atoms. The van der Waals surface area contributed by atoms with Gasteiger partial charge in [-0.1, -0.05) is 32.4 Å². The van der Waals surface area contributed by atoms with Gasteiger partial charge >= 0.3 is 0 Å². The number of hydrogen-bond donors (Lipinski definition) is 2. The Morgan fingerprint density at radius 3 is 2.67 bits per heavy atom. The number of nitrogens with zero attached hydrogens (tertiary/aromatic N) is 3. The Labute approximate surface area is 124 Å². The van der Waals surface area contributed by atoms with E-state index in [1.807, 2.05) is 38.1 Å². The predicted molar refractivity (Wildman–Crippen MR) is 80.6 cm³/mol. The zero-order valence-corrected chi connectivity index (χ0v) is 12.4. The summed E-state index contributed by atoms with van der Waals surface area (Å²) in [6, 6.07) is 7.32. The van der Waals surface area contributed by atoms with E-state index in [1.54, 1.807) is 11.0 Å². The average molecular weight is 287 g/mol. The van der Waals surface area contributed by atoms with Crippen molar-refractivity contribution in [2.45, 2.75) is 32.9 Å². The standard InChI is InChI=1S/C15H21N5O/c1-3-11(2)14(16)15(21)18-8-12-4-6-13(7-5-12)20-10-17-9-19-20/h4-7,9-11,14H,3,8,16H2,1-2H3,(H,18,21). The van der Waals surface area contributed by atoms with Crippen molar-refractivity contribution in [3.63, 3.8) is 0 Å². The maximum Gasteiger partial charge on any atom is 0.237 e. The second-order valence-electron chi connectivity index (χ2n) is 5.14. The van der Waals surface area contributed by atoms with Crippen molar-refractivity contribution in [1.29, 1.82) is 0 Å². The molecule has 1 heterocycles. The molecule has 0 aliphatic heterocycles. The van der Waals surface area contributed by atoms with Crippen molar-refractivity contribution in [2.75, 3.05) is 0 Å². The Bertz CT molecular complexity index is 564. The molecule has 0 aliphatic rings. The third-order valence-corrected chi connectivity index (χ3v) is 3.65. The molecule has 0 saturated heterocycles. The molecule has 112 valence electrons. The molecule has 6 nitrogen and oxygen atoms in total. The fraction of sp³-hybridized carbons (Fsp3) is 0.400. The van der Waals surface area contributed by atoms with Crippen LogP contribution < -0.4 is 11.1 Å². The number of benzene rings is 1. The number of amides is 1. The number of nitrogens with one attached hydrogen (secondary N) is 1. The highest BCUT2D eigenvalue weighted by molar-refractivity contribution is 5.81. The highest BCUT2D eigenvalue weighted by Gasteiger charge is 2.18. The molecule has 21 heavy (non-hydrogen) atoms. The topological polar surface area (TPSA) is 85.8 Å². The summed E-state index contributed by atoms with van der Waals surface area (Å²) in [5.41, 5.74) is 7.84. The smallest absolute Gasteiger partial charge is 0.237 e. The van der Waals surface area contributed by atoms with E-state index >= 15 is 0 Å². The number of aromatic nitrogens is 3. The Hall–Kier alpha value is -2.21. The number of nitrogens with two attached hydrogens (primary N) is 1. The Morgan fingerprint density at radius 1 is 1.38 bits per heavy atom. The van der Waals surface area contributed by atoms with E-state index in [1.165, 1.54) is 6.33 Å². The summed E-state index contributed by atoms with van der Waals surface area (Å²) in [7, 11) is 0. The van der Waals surface area contributed by atoms with Crippen LogP contribution in [0.3, 0.4) is 0 Å². The van der Waals surface area contributed by atoms with Crippen molar-refractivity contribution in [2.24, 2.45) is 11.7 Å². The minimum absolute atomic E-state index is 0.107. The van der Waals surface area contributed by atoms with Crippen molar-refractivity contribution in [3.05, 3.63) is 42.5 Å². The van der Waals surface area contributed by atoms with Crippen molar-refractivity contribution in [3.8, 4) is 5.69 Å². The molecule has 0 fully saturated rings. The van der Waals surface area contributed by atoms with Crippen LogP contribution in [-0.4, -0.2) is 26.7 Å². The fourth-order valence-corrected chi connectivity index (χ4v) is 1.93. The maximum atomic E-state index is 11.9. The zero-order chi connectivity index (χ0) is 15.2. The highest BCUT2D eigenvalue weighted by atomic mass is 16.2. The third kappa shape index (κ3) is 3.88. The van der Waals surface area contributed by atoms with Crippen LogP contribution >= 0.6 is 0 Å². The molecular weight excluding hydrogens is 266 g/mol. The number of carbonyl (C=O) groups excluding carboxylic acids is 1. The van der Waals surface area contributed by atoms with Crippen molar-refractivity contribution >= 4 is 5.91 Å². The molecule has 0 radical (unpaired) electrons. The molecule has 2 aromatic rings. The molecule has 1 aromatic carbocycles. The van der Waals surface area contributed by atoms with E-state index in [-0.39, 0.29) is 11.8 Å². The Kier molecular flexibility index (Phi) is 5.05. The summed E-state index contributed by atoms with van der Waals surface area (Å²) in [6.07, 6.45) is 4.02. The van der Waals surface area contributed by atoms with Gasteiger partial charge in [-0.25, -0.2) is 9.67 Å². The number of carbonyl (C=O) groups is 1. The van der Waals surface area contributed by atoms with Crippen LogP contribution in [0.25, 0.3) is 5.69 Å². The molecular formula is C15H21N5O. The SMILES string of the molecule is CCC(C)C(N)C(=O)NCc1ccc(-n2cncn2)cc1. The van der Waals surface area contributed by atoms with Gasteiger partial charge in [-0.3, -0.25) is 4.79 Å². The van der Waals surface area contributed by atoms with Crippen LogP contribution in [0.5, 0.6) is 0 Å². The minimum atomic E-state index is -0.454. The number of hydrogen-bond acceptors (Lipinski definition) is 4. The molecule has 1 amide bonds. The Balaban J connectivity index is 1.91. The summed E-state index contributed by atoms with van der Waals surface area (Å²) in [6.45, 7) is 4.48. The average Bonchev–Trinajstić information content (AvgIpc) is 3.06. The van der Waals surface area contributed by atoms with Gasteiger partial charge in [0.25, 0.3) is 0 Å². The second-order valence-corrected chi connectivity index (χ2v) is 5.14. The quantitative estimate of drug-likeness (QED) is 0.837. The van der Waals surface area contributed by atoms with Gasteiger partial charge in [0.1, 0.15) is 12.7 Å². The van der Waals surface area contributed by atoms with E-state index in [0.717, 1.165) is 17.7 Å². The Morgan fingerprint density at radius 2 is 2.10 bits per heavy atom. The van der Waals surface area contributed by atoms with Gasteiger partial charge in [0.05, 0.1) is 11.7 Å². The van der Waals surface area contributed by atoms with E-state index in [2.05, 4.69) is 15.4 Å². The lowest BCUT2D eigenvalue weighted by Gasteiger charge is -2.17. The van der Waals surface area contributed by atoms with Gasteiger partial charge in [-0.05, 0) is 23.6 Å². The monoisotopic (exact) mass is 287 g/mol. The molecule has 2 rings (SSSR count). The van der Waals surface area contributed by atoms with E-state index in [0.29, 0.717) is 6.54 Å². The predicted octanol–water partition coefficient (Wildman–Crippen LogP) is 1.26. The lowest BCUT2D eigenvalue weighted by molar-refractivity contribution is -0.123. The molecule has 0 spiro atoms. The summed E-state index contributed by atoms with van der Waals surface area (Å²) in [5.74, 6) is 0.0735. The lowest BCUT2D eigenvalue weighted by Crippen LogP contribution is -2.44.